The second-order valence-electron chi connectivity index (χ2n) is 4.17. The molecule has 1 N–H and O–H groups in total. The molecule has 0 aliphatic carbocycles. The maximum atomic E-state index is 13.8. The Kier molecular flexibility index (Phi) is 3.67. The molecule has 0 spiro atoms. The quantitative estimate of drug-likeness (QED) is 0.657. The zero-order chi connectivity index (χ0) is 13.0. The van der Waals surface area contributed by atoms with Gasteiger partial charge in [-0.3, -0.25) is 5.43 Å². The topological polar surface area (TPSA) is 18.5 Å². The van der Waals surface area contributed by atoms with E-state index in [9.17, 15) is 4.48 Å². The highest BCUT2D eigenvalue weighted by Crippen LogP contribution is 2.19. The number of para-hydroxylation sites is 1. The molecule has 0 bridgehead atoms. The first kappa shape index (κ1) is 12.2. The second-order valence-corrected chi connectivity index (χ2v) is 4.17. The highest BCUT2D eigenvalue weighted by molar-refractivity contribution is 5.57. The first-order valence-electron chi connectivity index (χ1n) is 5.72. The lowest BCUT2D eigenvalue weighted by atomic mass is 10.3. The third-order valence-electron chi connectivity index (χ3n) is 2.59. The molecule has 18 heavy (non-hydrogen) atoms. The molecule has 0 atom stereocenters. The van der Waals surface area contributed by atoms with Gasteiger partial charge in [0.05, 0.1) is 11.4 Å². The number of rotatable bonds is 4. The van der Waals surface area contributed by atoms with Crippen molar-refractivity contribution in [2.75, 3.05) is 29.7 Å². The van der Waals surface area contributed by atoms with Crippen LogP contribution in [0, 0.1) is 0 Å². The van der Waals surface area contributed by atoms with Gasteiger partial charge in [-0.2, -0.15) is 0 Å². The van der Waals surface area contributed by atoms with Crippen LogP contribution in [0.15, 0.2) is 54.6 Å². The fourth-order valence-electron chi connectivity index (χ4n) is 1.57. The second kappa shape index (κ2) is 5.40. The van der Waals surface area contributed by atoms with Crippen LogP contribution in [0.4, 0.5) is 21.5 Å². The van der Waals surface area contributed by atoms with Crippen LogP contribution in [0.1, 0.15) is 0 Å². The lowest BCUT2D eigenvalue weighted by Crippen LogP contribution is -2.19. The molecule has 0 fully saturated rings. The summed E-state index contributed by atoms with van der Waals surface area (Å²) in [5.41, 5.74) is 4.91. The number of anilines is 3. The minimum absolute atomic E-state index is 0.467. The zero-order valence-electron chi connectivity index (χ0n) is 10.5. The predicted molar refractivity (Wildman–Crippen MR) is 74.4 cm³/mol. The number of benzene rings is 2. The van der Waals surface area contributed by atoms with E-state index in [-0.39, 0.29) is 0 Å². The number of hydrogen-bond donors (Lipinski definition) is 1. The van der Waals surface area contributed by atoms with Crippen molar-refractivity contribution >= 4 is 17.1 Å². The zero-order valence-corrected chi connectivity index (χ0v) is 10.5. The monoisotopic (exact) mass is 245 g/mol. The summed E-state index contributed by atoms with van der Waals surface area (Å²) < 4.78 is 13.8. The third-order valence-corrected chi connectivity index (χ3v) is 2.59. The molecule has 2 aromatic rings. The number of nitrogens with one attached hydrogen (secondary N) is 1. The molecule has 94 valence electrons. The summed E-state index contributed by atoms with van der Waals surface area (Å²) in [4.78, 5) is 1.99. The normalized spacial score (nSPS) is 9.94. The summed E-state index contributed by atoms with van der Waals surface area (Å²) in [5, 5.41) is 0.505. The number of halogens is 1. The van der Waals surface area contributed by atoms with Crippen molar-refractivity contribution in [3.63, 3.8) is 0 Å². The van der Waals surface area contributed by atoms with Gasteiger partial charge >= 0.3 is 0 Å². The van der Waals surface area contributed by atoms with Crippen LogP contribution < -0.4 is 15.6 Å². The molecule has 0 aliphatic heterocycles. The molecule has 0 amide bonds. The van der Waals surface area contributed by atoms with E-state index in [1.54, 1.807) is 24.3 Å². The Hall–Kier alpha value is -2.23. The van der Waals surface area contributed by atoms with E-state index in [1.165, 1.54) is 0 Å². The summed E-state index contributed by atoms with van der Waals surface area (Å²) in [6, 6.07) is 16.4. The van der Waals surface area contributed by atoms with E-state index in [4.69, 9.17) is 0 Å². The Morgan fingerprint density at radius 3 is 2.00 bits per heavy atom. The lowest BCUT2D eigenvalue weighted by molar-refractivity contribution is 0.472. The molecule has 0 saturated carbocycles. The molecule has 4 heteroatoms. The van der Waals surface area contributed by atoms with Crippen LogP contribution in [0.2, 0.25) is 0 Å². The Balaban J connectivity index is 2.05. The standard InChI is InChI=1S/C14H16FN3/c1-17(2)13-10-8-12(9-11-13)16-18(15)14-6-4-3-5-7-14/h3-11,16H,1-2H3. The SMILES string of the molecule is CN(C)c1ccc(NN(F)c2ccccc2)cc1. The van der Waals surface area contributed by atoms with Gasteiger partial charge < -0.3 is 4.90 Å². The maximum absolute atomic E-state index is 13.8. The molecule has 3 nitrogen and oxygen atoms in total. The van der Waals surface area contributed by atoms with Gasteiger partial charge in [0.1, 0.15) is 0 Å². The van der Waals surface area contributed by atoms with E-state index in [1.807, 2.05) is 49.3 Å². The predicted octanol–water partition coefficient (Wildman–Crippen LogP) is 3.47. The molecule has 0 aliphatic rings. The van der Waals surface area contributed by atoms with E-state index >= 15 is 0 Å². The van der Waals surface area contributed by atoms with Crippen molar-refractivity contribution in [1.82, 2.24) is 0 Å². The van der Waals surface area contributed by atoms with Crippen LogP contribution in [0.5, 0.6) is 0 Å². The van der Waals surface area contributed by atoms with E-state index < -0.39 is 0 Å². The molecule has 0 saturated heterocycles. The maximum Gasteiger partial charge on any atom is 0.0930 e. The molecular weight excluding hydrogens is 229 g/mol. The highest BCUT2D eigenvalue weighted by Gasteiger charge is 2.04. The molecular formula is C14H16FN3. The van der Waals surface area contributed by atoms with Crippen LogP contribution in [-0.2, 0) is 0 Å². The third kappa shape index (κ3) is 2.91. The highest BCUT2D eigenvalue weighted by atomic mass is 19.2. The van der Waals surface area contributed by atoms with Gasteiger partial charge in [-0.1, -0.05) is 22.7 Å². The summed E-state index contributed by atoms with van der Waals surface area (Å²) in [7, 11) is 3.93. The van der Waals surface area contributed by atoms with Gasteiger partial charge in [0, 0.05) is 19.8 Å². The van der Waals surface area contributed by atoms with E-state index in [0.29, 0.717) is 16.6 Å². The van der Waals surface area contributed by atoms with Gasteiger partial charge in [0.15, 0.2) is 0 Å². The average molecular weight is 245 g/mol. The lowest BCUT2D eigenvalue weighted by Gasteiger charge is -2.17. The molecule has 2 aromatic carbocycles. The van der Waals surface area contributed by atoms with Gasteiger partial charge in [-0.05, 0) is 36.4 Å². The van der Waals surface area contributed by atoms with Crippen molar-refractivity contribution < 1.29 is 4.48 Å². The summed E-state index contributed by atoms with van der Waals surface area (Å²) in [6.07, 6.45) is 0. The average Bonchev–Trinajstić information content (AvgIpc) is 2.40. The van der Waals surface area contributed by atoms with Gasteiger partial charge in [-0.15, -0.1) is 5.23 Å². The molecule has 2 rings (SSSR count). The molecule has 0 radical (unpaired) electrons. The van der Waals surface area contributed by atoms with Crippen LogP contribution in [0.25, 0.3) is 0 Å². The number of hydrogen-bond acceptors (Lipinski definition) is 3. The molecule has 0 unspecified atom stereocenters. The van der Waals surface area contributed by atoms with Crippen molar-refractivity contribution in [3.05, 3.63) is 54.6 Å². The minimum Gasteiger partial charge on any atom is -0.378 e. The Morgan fingerprint density at radius 1 is 0.833 bits per heavy atom. The Bertz CT molecular complexity index is 482. The molecule has 0 heterocycles. The minimum atomic E-state index is 0.467. The van der Waals surface area contributed by atoms with Crippen molar-refractivity contribution in [2.45, 2.75) is 0 Å². The van der Waals surface area contributed by atoms with E-state index in [0.717, 1.165) is 5.69 Å². The van der Waals surface area contributed by atoms with Crippen molar-refractivity contribution in [2.24, 2.45) is 0 Å². The van der Waals surface area contributed by atoms with Crippen LogP contribution in [-0.4, -0.2) is 14.1 Å². The smallest absolute Gasteiger partial charge is 0.0930 e. The fourth-order valence-corrected chi connectivity index (χ4v) is 1.57. The van der Waals surface area contributed by atoms with E-state index in [2.05, 4.69) is 5.43 Å². The largest absolute Gasteiger partial charge is 0.378 e. The fraction of sp³-hybridized carbons (Fsp3) is 0.143. The first-order valence-corrected chi connectivity index (χ1v) is 5.72. The van der Waals surface area contributed by atoms with Crippen molar-refractivity contribution in [1.29, 1.82) is 0 Å². The summed E-state index contributed by atoms with van der Waals surface area (Å²) >= 11 is 0. The van der Waals surface area contributed by atoms with Crippen molar-refractivity contribution in [3.8, 4) is 0 Å². The number of nitrogens with zero attached hydrogens (tertiary/aromatic N) is 2. The summed E-state index contributed by atoms with van der Waals surface area (Å²) in [5.74, 6) is 0. The Labute approximate surface area is 106 Å². The van der Waals surface area contributed by atoms with Gasteiger partial charge in [0.2, 0.25) is 0 Å². The summed E-state index contributed by atoms with van der Waals surface area (Å²) in [6.45, 7) is 0. The van der Waals surface area contributed by atoms with Gasteiger partial charge in [0.25, 0.3) is 0 Å². The van der Waals surface area contributed by atoms with Gasteiger partial charge in [-0.25, -0.2) is 0 Å². The number of hydrazine groups is 1. The Morgan fingerprint density at radius 2 is 1.44 bits per heavy atom. The molecule has 0 aromatic heterocycles. The van der Waals surface area contributed by atoms with Crippen LogP contribution in [0.3, 0.4) is 0 Å². The first-order chi connectivity index (χ1) is 8.66. The van der Waals surface area contributed by atoms with Crippen LogP contribution >= 0.6 is 0 Å².